The molecule has 2 aliphatic rings. The van der Waals surface area contributed by atoms with Crippen LogP contribution in [-0.2, 0) is 18.9 Å². The molecule has 0 amide bonds. The number of rotatable bonds is 44. The summed E-state index contributed by atoms with van der Waals surface area (Å²) in [5.74, 6) is 0. The van der Waals surface area contributed by atoms with Gasteiger partial charge in [0, 0.05) is 65.4 Å². The molecule has 2 aliphatic heterocycles. The molecule has 0 aromatic heterocycles. The maximum atomic E-state index is 12.8. The summed E-state index contributed by atoms with van der Waals surface area (Å²) in [7, 11) is 0. The zero-order chi connectivity index (χ0) is 49.1. The Morgan fingerprint density at radius 3 is 1.29 bits per heavy atom. The summed E-state index contributed by atoms with van der Waals surface area (Å²) in [6, 6.07) is 0. The number of unbranched alkanes of at least 4 members (excludes halogenated alkanes) is 18. The van der Waals surface area contributed by atoms with E-state index >= 15 is 0 Å². The number of morpholine rings is 2. The van der Waals surface area contributed by atoms with Crippen molar-refractivity contribution in [1.82, 2.24) is 19.6 Å². The number of carbonyl (C=O) groups is 1. The number of carbonyl (C=O) groups excluding carboxylic acids is 1. The lowest BCUT2D eigenvalue weighted by atomic mass is 10.0. The van der Waals surface area contributed by atoms with Gasteiger partial charge in [-0.05, 0) is 103 Å². The quantitative estimate of drug-likeness (QED) is 0.0362. The summed E-state index contributed by atoms with van der Waals surface area (Å²) in [4.78, 5) is 22.3. The van der Waals surface area contributed by atoms with Crippen LogP contribution in [0.4, 0.5) is 4.79 Å². The van der Waals surface area contributed by atoms with Crippen LogP contribution in [0.5, 0.6) is 0 Å². The van der Waals surface area contributed by atoms with Crippen molar-refractivity contribution in [2.45, 2.75) is 201 Å². The van der Waals surface area contributed by atoms with E-state index in [1.54, 1.807) is 0 Å². The highest BCUT2D eigenvalue weighted by molar-refractivity contribution is 5.60. The molecule has 0 spiro atoms. The van der Waals surface area contributed by atoms with Gasteiger partial charge in [-0.25, -0.2) is 4.79 Å². The second-order valence-corrected chi connectivity index (χ2v) is 19.1. The SMILES string of the molecule is CCCCC/C=C\C/C=C\CCCCCCCCC(CCCCCCCC/C=C\C/C=C\CCCCC)OC(=O)OCCN(CC)CCN1CCOCC1.CCN(CCO)CCN1CCOCC1. The van der Waals surface area contributed by atoms with E-state index in [1.165, 1.54) is 128 Å². The smallest absolute Gasteiger partial charge is 0.433 e. The van der Waals surface area contributed by atoms with Crippen molar-refractivity contribution in [3.63, 3.8) is 0 Å². The summed E-state index contributed by atoms with van der Waals surface area (Å²) < 4.78 is 22.3. The van der Waals surface area contributed by atoms with Crippen molar-refractivity contribution in [3.05, 3.63) is 48.6 Å². The summed E-state index contributed by atoms with van der Waals surface area (Å²) >= 11 is 0. The predicted octanol–water partition coefficient (Wildman–Crippen LogP) is 13.2. The molecule has 2 fully saturated rings. The van der Waals surface area contributed by atoms with Gasteiger partial charge >= 0.3 is 6.16 Å². The lowest BCUT2D eigenvalue weighted by Crippen LogP contribution is -2.42. The zero-order valence-corrected chi connectivity index (χ0v) is 45.1. The van der Waals surface area contributed by atoms with Crippen LogP contribution in [0.25, 0.3) is 0 Å². The van der Waals surface area contributed by atoms with Gasteiger partial charge in [-0.1, -0.05) is 153 Å². The van der Waals surface area contributed by atoms with Crippen molar-refractivity contribution >= 4 is 6.16 Å². The van der Waals surface area contributed by atoms with Crippen LogP contribution < -0.4 is 0 Å². The molecule has 0 atom stereocenters. The van der Waals surface area contributed by atoms with Crippen LogP contribution in [-0.4, -0.2) is 155 Å². The number of ether oxygens (including phenoxy) is 4. The van der Waals surface area contributed by atoms with Gasteiger partial charge in [0.05, 0.1) is 33.0 Å². The topological polar surface area (TPSA) is 87.2 Å². The summed E-state index contributed by atoms with van der Waals surface area (Å²) in [5.41, 5.74) is 0. The van der Waals surface area contributed by atoms with E-state index in [4.69, 9.17) is 24.1 Å². The third-order valence-electron chi connectivity index (χ3n) is 13.3. The molecule has 10 heteroatoms. The first-order chi connectivity index (χ1) is 33.6. The fourth-order valence-electron chi connectivity index (χ4n) is 8.62. The number of nitrogens with zero attached hydrogens (tertiary/aromatic N) is 4. The average molecular weight is 960 g/mol. The van der Waals surface area contributed by atoms with Gasteiger partial charge in [0.2, 0.25) is 0 Å². The minimum absolute atomic E-state index is 0.0299. The third-order valence-corrected chi connectivity index (χ3v) is 13.3. The Hall–Kier alpha value is -2.05. The van der Waals surface area contributed by atoms with Crippen molar-refractivity contribution in [3.8, 4) is 0 Å². The number of aliphatic hydroxyl groups excluding tert-OH is 1. The second-order valence-electron chi connectivity index (χ2n) is 19.1. The highest BCUT2D eigenvalue weighted by atomic mass is 16.7. The van der Waals surface area contributed by atoms with Crippen LogP contribution in [0.1, 0.15) is 195 Å². The molecule has 2 saturated heterocycles. The monoisotopic (exact) mass is 959 g/mol. The molecule has 0 aromatic carbocycles. The fourth-order valence-corrected chi connectivity index (χ4v) is 8.62. The van der Waals surface area contributed by atoms with E-state index in [0.717, 1.165) is 143 Å². The molecule has 2 rings (SSSR count). The number of hydrogen-bond acceptors (Lipinski definition) is 10. The summed E-state index contributed by atoms with van der Waals surface area (Å²) in [6.45, 7) is 24.7. The minimum Gasteiger partial charge on any atom is -0.433 e. The maximum Gasteiger partial charge on any atom is 0.508 e. The Kier molecular flexibility index (Phi) is 48.3. The van der Waals surface area contributed by atoms with E-state index in [2.05, 4.69) is 95.9 Å². The molecular formula is C58H110N4O6. The van der Waals surface area contributed by atoms with Gasteiger partial charge < -0.3 is 29.0 Å². The standard InChI is InChI=1S/C48H88N2O4.C10H22N2O2/c1-4-7-9-11-13-15-17-19-21-23-25-27-29-31-33-35-37-47(38-36-34-32-30-28-26-24-22-20-18-16-14-12-10-8-5-2)54-48(51)53-46-43-49(6-3)39-40-50-41-44-52-45-42-50;1-2-11(5-8-13)3-4-12-6-9-14-10-7-12/h13-16,19-22,47H,4-12,17-18,23-46H2,1-3H3;13H,2-10H2,1H3/b15-13-,16-14-,21-19-,22-20-;. The normalized spacial score (nSPS) is 15.3. The third kappa shape index (κ3) is 42.8. The Labute approximate surface area is 420 Å². The summed E-state index contributed by atoms with van der Waals surface area (Å²) in [5, 5.41) is 8.83. The Balaban J connectivity index is 0.00000140. The average Bonchev–Trinajstić information content (AvgIpc) is 3.36. The zero-order valence-electron chi connectivity index (χ0n) is 45.1. The van der Waals surface area contributed by atoms with Crippen LogP contribution >= 0.6 is 0 Å². The van der Waals surface area contributed by atoms with Crippen LogP contribution in [0, 0.1) is 0 Å². The number of hydrogen-bond donors (Lipinski definition) is 1. The van der Waals surface area contributed by atoms with Gasteiger partial charge in [0.25, 0.3) is 0 Å². The summed E-state index contributed by atoms with van der Waals surface area (Å²) in [6.07, 6.45) is 49.9. The largest absolute Gasteiger partial charge is 0.508 e. The Bertz CT molecular complexity index is 1120. The highest BCUT2D eigenvalue weighted by Crippen LogP contribution is 2.18. The van der Waals surface area contributed by atoms with Gasteiger partial charge in [-0.15, -0.1) is 0 Å². The van der Waals surface area contributed by atoms with E-state index < -0.39 is 6.16 Å². The molecule has 0 unspecified atom stereocenters. The lowest BCUT2D eigenvalue weighted by Gasteiger charge is -2.29. The van der Waals surface area contributed by atoms with E-state index in [1.807, 2.05) is 0 Å². The van der Waals surface area contributed by atoms with Crippen molar-refractivity contribution < 1.29 is 28.8 Å². The van der Waals surface area contributed by atoms with Crippen LogP contribution in [0.3, 0.4) is 0 Å². The van der Waals surface area contributed by atoms with Crippen LogP contribution in [0.2, 0.25) is 0 Å². The van der Waals surface area contributed by atoms with Crippen molar-refractivity contribution in [2.75, 3.05) is 118 Å². The Morgan fingerprint density at radius 1 is 0.515 bits per heavy atom. The van der Waals surface area contributed by atoms with Crippen molar-refractivity contribution in [1.29, 1.82) is 0 Å². The molecule has 398 valence electrons. The molecule has 2 heterocycles. The first kappa shape index (κ1) is 64.0. The predicted molar refractivity (Wildman–Crippen MR) is 290 cm³/mol. The maximum absolute atomic E-state index is 12.8. The van der Waals surface area contributed by atoms with E-state index in [0.29, 0.717) is 6.61 Å². The van der Waals surface area contributed by atoms with Gasteiger partial charge in [0.1, 0.15) is 12.7 Å². The molecule has 68 heavy (non-hydrogen) atoms. The number of allylic oxidation sites excluding steroid dienone is 8. The molecule has 0 bridgehead atoms. The second kappa shape index (κ2) is 51.3. The first-order valence-corrected chi connectivity index (χ1v) is 28.6. The minimum atomic E-state index is -0.482. The molecule has 1 N–H and O–H groups in total. The van der Waals surface area contributed by atoms with E-state index in [9.17, 15) is 4.79 Å². The van der Waals surface area contributed by atoms with Crippen molar-refractivity contribution in [2.24, 2.45) is 0 Å². The van der Waals surface area contributed by atoms with E-state index in [-0.39, 0.29) is 12.7 Å². The van der Waals surface area contributed by atoms with Crippen LogP contribution in [0.15, 0.2) is 48.6 Å². The number of likely N-dealkylation sites (N-methyl/N-ethyl adjacent to an activating group) is 2. The fraction of sp³-hybridized carbons (Fsp3) is 0.845. The lowest BCUT2D eigenvalue weighted by molar-refractivity contribution is 0.00988. The Morgan fingerprint density at radius 2 is 0.897 bits per heavy atom. The molecule has 0 aromatic rings. The van der Waals surface area contributed by atoms with Gasteiger partial charge in [-0.2, -0.15) is 0 Å². The first-order valence-electron chi connectivity index (χ1n) is 28.6. The molecule has 0 radical (unpaired) electrons. The molecule has 0 aliphatic carbocycles. The van der Waals surface area contributed by atoms with Gasteiger partial charge in [0.15, 0.2) is 0 Å². The molecular weight excluding hydrogens is 849 g/mol. The van der Waals surface area contributed by atoms with Gasteiger partial charge in [-0.3, -0.25) is 14.7 Å². The highest BCUT2D eigenvalue weighted by Gasteiger charge is 2.17. The number of aliphatic hydroxyl groups is 1. The molecule has 10 nitrogen and oxygen atoms in total. The molecule has 0 saturated carbocycles.